The van der Waals surface area contributed by atoms with Gasteiger partial charge >= 0.3 is 6.09 Å². The predicted octanol–water partition coefficient (Wildman–Crippen LogP) is 2.48. The summed E-state index contributed by atoms with van der Waals surface area (Å²) in [6.07, 6.45) is 5.23. The van der Waals surface area contributed by atoms with E-state index in [0.717, 1.165) is 50.1 Å². The van der Waals surface area contributed by atoms with E-state index in [0.29, 0.717) is 44.5 Å². The van der Waals surface area contributed by atoms with Gasteiger partial charge in [0, 0.05) is 56.9 Å². The van der Waals surface area contributed by atoms with Crippen LogP contribution in [0.25, 0.3) is 5.65 Å². The molecule has 3 aliphatic rings. The van der Waals surface area contributed by atoms with Gasteiger partial charge in [0.05, 0.1) is 12.7 Å². The number of fused-ring (bicyclic) bond motifs is 1. The molecule has 12 heteroatoms. The molecule has 3 fully saturated rings. The SMILES string of the molecule is CC#CC(=O)N1CCC(OC(=O)N2CCC(Nc3nc(NC4CCOCC4)nc4c(C(C)C)cnn34)CC2)C1. The standard InChI is InChI=1S/C27H38N8O4/c1-4-5-23(36)34-13-8-21(17-34)39-27(37)33-11-6-19(7-12-33)30-26-32-25(29-20-9-14-38-15-10-20)31-24-22(18(2)3)16-28-35(24)26/h16,18-21H,6-15,17H2,1-3H3,(H2,29,30,31,32). The molecule has 3 aliphatic heterocycles. The minimum Gasteiger partial charge on any atom is -0.444 e. The summed E-state index contributed by atoms with van der Waals surface area (Å²) < 4.78 is 13.0. The van der Waals surface area contributed by atoms with E-state index in [-0.39, 0.29) is 36.1 Å². The summed E-state index contributed by atoms with van der Waals surface area (Å²) in [6, 6.07) is 0.403. The predicted molar refractivity (Wildman–Crippen MR) is 145 cm³/mol. The van der Waals surface area contributed by atoms with Crippen LogP contribution in [0, 0.1) is 11.8 Å². The van der Waals surface area contributed by atoms with Crippen molar-refractivity contribution in [2.24, 2.45) is 0 Å². The molecule has 12 nitrogen and oxygen atoms in total. The number of anilines is 2. The molecule has 0 radical (unpaired) electrons. The van der Waals surface area contributed by atoms with Crippen molar-refractivity contribution < 1.29 is 19.1 Å². The number of nitrogens with one attached hydrogen (secondary N) is 2. The number of rotatable bonds is 6. The third-order valence-corrected chi connectivity index (χ3v) is 7.59. The number of carbonyl (C=O) groups is 2. The van der Waals surface area contributed by atoms with E-state index >= 15 is 0 Å². The Balaban J connectivity index is 1.20. The van der Waals surface area contributed by atoms with Crippen LogP contribution in [0.4, 0.5) is 16.7 Å². The summed E-state index contributed by atoms with van der Waals surface area (Å²) in [5, 5.41) is 11.6. The molecular weight excluding hydrogens is 500 g/mol. The Hall–Kier alpha value is -3.59. The van der Waals surface area contributed by atoms with Gasteiger partial charge in [0.15, 0.2) is 5.65 Å². The highest BCUT2D eigenvalue weighted by Crippen LogP contribution is 2.25. The van der Waals surface area contributed by atoms with Crippen LogP contribution in [-0.4, -0.2) is 99.0 Å². The van der Waals surface area contributed by atoms with Gasteiger partial charge in [0.2, 0.25) is 11.9 Å². The molecule has 2 aromatic heterocycles. The van der Waals surface area contributed by atoms with Gasteiger partial charge in [-0.1, -0.05) is 19.8 Å². The Kier molecular flexibility index (Phi) is 8.35. The molecule has 2 amide bonds. The zero-order chi connectivity index (χ0) is 27.4. The highest BCUT2D eigenvalue weighted by atomic mass is 16.6. The van der Waals surface area contributed by atoms with Crippen LogP contribution in [0.5, 0.6) is 0 Å². The van der Waals surface area contributed by atoms with E-state index in [2.05, 4.69) is 41.4 Å². The lowest BCUT2D eigenvalue weighted by Gasteiger charge is -2.32. The van der Waals surface area contributed by atoms with Gasteiger partial charge in [-0.3, -0.25) is 4.79 Å². The average Bonchev–Trinajstić information content (AvgIpc) is 3.57. The summed E-state index contributed by atoms with van der Waals surface area (Å²) in [5.41, 5.74) is 1.87. The van der Waals surface area contributed by atoms with Gasteiger partial charge in [-0.15, -0.1) is 0 Å². The van der Waals surface area contributed by atoms with Crippen molar-refractivity contribution in [2.45, 2.75) is 77.0 Å². The van der Waals surface area contributed by atoms with Crippen molar-refractivity contribution in [3.8, 4) is 11.8 Å². The summed E-state index contributed by atoms with van der Waals surface area (Å²) in [6.45, 7) is 9.48. The molecule has 5 rings (SSSR count). The Bertz CT molecular complexity index is 1240. The summed E-state index contributed by atoms with van der Waals surface area (Å²) in [4.78, 5) is 37.8. The second kappa shape index (κ2) is 12.1. The molecule has 1 unspecified atom stereocenters. The first kappa shape index (κ1) is 27.0. The van der Waals surface area contributed by atoms with Crippen LogP contribution in [-0.2, 0) is 14.3 Å². The molecule has 39 heavy (non-hydrogen) atoms. The maximum absolute atomic E-state index is 12.8. The molecule has 0 bridgehead atoms. The van der Waals surface area contributed by atoms with Crippen LogP contribution >= 0.6 is 0 Å². The van der Waals surface area contributed by atoms with Gasteiger partial charge in [0.25, 0.3) is 5.91 Å². The molecule has 0 aromatic carbocycles. The van der Waals surface area contributed by atoms with Crippen LogP contribution < -0.4 is 10.6 Å². The fourth-order valence-electron chi connectivity index (χ4n) is 5.29. The molecule has 2 N–H and O–H groups in total. The van der Waals surface area contributed by atoms with Crippen LogP contribution in [0.3, 0.4) is 0 Å². The van der Waals surface area contributed by atoms with E-state index in [9.17, 15) is 9.59 Å². The zero-order valence-corrected chi connectivity index (χ0v) is 23.0. The fraction of sp³-hybridized carbons (Fsp3) is 0.667. The van der Waals surface area contributed by atoms with E-state index in [4.69, 9.17) is 19.4 Å². The fourth-order valence-corrected chi connectivity index (χ4v) is 5.29. The molecule has 210 valence electrons. The average molecular weight is 539 g/mol. The van der Waals surface area contributed by atoms with E-state index in [1.54, 1.807) is 21.2 Å². The number of hydrogen-bond donors (Lipinski definition) is 2. The van der Waals surface area contributed by atoms with Crippen molar-refractivity contribution in [2.75, 3.05) is 50.0 Å². The molecule has 0 saturated carbocycles. The van der Waals surface area contributed by atoms with Crippen molar-refractivity contribution >= 4 is 29.5 Å². The number of aromatic nitrogens is 4. The van der Waals surface area contributed by atoms with Crippen molar-refractivity contribution in [3.63, 3.8) is 0 Å². The number of piperidine rings is 1. The van der Waals surface area contributed by atoms with E-state index < -0.39 is 0 Å². The quantitative estimate of drug-likeness (QED) is 0.534. The van der Waals surface area contributed by atoms with Crippen molar-refractivity contribution in [1.29, 1.82) is 0 Å². The second-order valence-corrected chi connectivity index (χ2v) is 10.7. The second-order valence-electron chi connectivity index (χ2n) is 10.7. The lowest BCUT2D eigenvalue weighted by molar-refractivity contribution is -0.124. The Labute approximate surface area is 228 Å². The number of carbonyl (C=O) groups excluding carboxylic acids is 2. The Morgan fingerprint density at radius 2 is 1.74 bits per heavy atom. The molecule has 1 atom stereocenters. The molecule has 3 saturated heterocycles. The minimum absolute atomic E-state index is 0.127. The van der Waals surface area contributed by atoms with Gasteiger partial charge in [0.1, 0.15) is 6.10 Å². The van der Waals surface area contributed by atoms with Crippen LogP contribution in [0.1, 0.15) is 64.4 Å². The highest BCUT2D eigenvalue weighted by molar-refractivity contribution is 5.93. The van der Waals surface area contributed by atoms with Crippen LogP contribution in [0.15, 0.2) is 6.20 Å². The smallest absolute Gasteiger partial charge is 0.410 e. The minimum atomic E-state index is -0.324. The Morgan fingerprint density at radius 3 is 2.46 bits per heavy atom. The Morgan fingerprint density at radius 1 is 1.03 bits per heavy atom. The van der Waals surface area contributed by atoms with Gasteiger partial charge in [-0.05, 0) is 44.4 Å². The molecule has 0 aliphatic carbocycles. The zero-order valence-electron chi connectivity index (χ0n) is 23.0. The van der Waals surface area contributed by atoms with Gasteiger partial charge in [-0.2, -0.15) is 19.6 Å². The summed E-state index contributed by atoms with van der Waals surface area (Å²) in [7, 11) is 0. The largest absolute Gasteiger partial charge is 0.444 e. The first-order valence-corrected chi connectivity index (χ1v) is 13.9. The first-order valence-electron chi connectivity index (χ1n) is 13.9. The monoisotopic (exact) mass is 538 g/mol. The number of amides is 2. The van der Waals surface area contributed by atoms with Gasteiger partial charge in [-0.25, -0.2) is 4.79 Å². The molecule has 5 heterocycles. The van der Waals surface area contributed by atoms with Crippen molar-refractivity contribution in [3.05, 3.63) is 11.8 Å². The maximum Gasteiger partial charge on any atom is 0.410 e. The normalized spacial score (nSPS) is 20.7. The molecule has 0 spiro atoms. The molecular formula is C27H38N8O4. The number of hydrogen-bond acceptors (Lipinski definition) is 9. The number of ether oxygens (including phenoxy) is 2. The summed E-state index contributed by atoms with van der Waals surface area (Å²) >= 11 is 0. The van der Waals surface area contributed by atoms with Gasteiger partial charge < -0.3 is 29.9 Å². The third-order valence-electron chi connectivity index (χ3n) is 7.59. The lowest BCUT2D eigenvalue weighted by Crippen LogP contribution is -2.44. The lowest BCUT2D eigenvalue weighted by atomic mass is 10.1. The van der Waals surface area contributed by atoms with Crippen LogP contribution in [0.2, 0.25) is 0 Å². The van der Waals surface area contributed by atoms with E-state index in [1.165, 1.54) is 0 Å². The van der Waals surface area contributed by atoms with E-state index in [1.807, 2.05) is 6.20 Å². The first-order chi connectivity index (χ1) is 18.9. The third kappa shape index (κ3) is 6.36. The topological polar surface area (TPSA) is 126 Å². The van der Waals surface area contributed by atoms with Crippen molar-refractivity contribution in [1.82, 2.24) is 29.4 Å². The number of likely N-dealkylation sites (tertiary alicyclic amines) is 2. The molecule has 2 aromatic rings. The number of nitrogens with zero attached hydrogens (tertiary/aromatic N) is 6. The summed E-state index contributed by atoms with van der Waals surface area (Å²) in [5.74, 6) is 6.47. The highest BCUT2D eigenvalue weighted by Gasteiger charge is 2.31. The maximum atomic E-state index is 12.8.